The Kier molecular flexibility index (Phi) is 52.1. The molecule has 1 amide bonds. The third-order valence-corrected chi connectivity index (χ3v) is 14.7. The molecule has 0 radical (unpaired) electrons. The topological polar surface area (TPSA) is 108 Å². The zero-order valence-corrected chi connectivity index (χ0v) is 48.6. The fraction of sp³-hybridized carbons (Fsp3) is 0.855. The van der Waals surface area contributed by atoms with E-state index in [1.54, 1.807) is 6.08 Å². The van der Waals surface area contributed by atoms with Crippen LogP contribution >= 0.6 is 7.82 Å². The molecule has 0 spiro atoms. The van der Waals surface area contributed by atoms with Crippen LogP contribution < -0.4 is 10.2 Å². The maximum Gasteiger partial charge on any atom is 0.268 e. The summed E-state index contributed by atoms with van der Waals surface area (Å²) in [6, 6.07) is -0.902. The van der Waals surface area contributed by atoms with Crippen LogP contribution in [0.5, 0.6) is 0 Å². The number of phosphoric ester groups is 1. The average molecular weight is 1020 g/mol. The second-order valence-electron chi connectivity index (χ2n) is 22.0. The largest absolute Gasteiger partial charge is 0.756 e. The zero-order chi connectivity index (χ0) is 52.0. The van der Waals surface area contributed by atoms with Gasteiger partial charge in [-0.25, -0.2) is 0 Å². The van der Waals surface area contributed by atoms with Crippen LogP contribution in [0.2, 0.25) is 0 Å². The number of phosphoric acid groups is 1. The minimum absolute atomic E-state index is 0.00544. The van der Waals surface area contributed by atoms with Crippen molar-refractivity contribution in [2.24, 2.45) is 0 Å². The molecule has 0 aromatic rings. The first-order valence-corrected chi connectivity index (χ1v) is 32.0. The van der Waals surface area contributed by atoms with Gasteiger partial charge >= 0.3 is 0 Å². The van der Waals surface area contributed by atoms with Crippen LogP contribution in [0.15, 0.2) is 48.6 Å². The molecule has 0 rings (SSSR count). The highest BCUT2D eigenvalue weighted by molar-refractivity contribution is 7.45. The Morgan fingerprint density at radius 2 is 0.831 bits per heavy atom. The van der Waals surface area contributed by atoms with Crippen LogP contribution in [0, 0.1) is 0 Å². The lowest BCUT2D eigenvalue weighted by Crippen LogP contribution is -2.45. The molecule has 0 aromatic carbocycles. The third-order valence-electron chi connectivity index (χ3n) is 13.8. The number of unbranched alkanes of at least 4 members (excludes halogenated alkanes) is 37. The van der Waals surface area contributed by atoms with Crippen LogP contribution in [0.3, 0.4) is 0 Å². The van der Waals surface area contributed by atoms with Gasteiger partial charge in [-0.1, -0.05) is 268 Å². The summed E-state index contributed by atoms with van der Waals surface area (Å²) in [6.07, 6.45) is 70.8. The number of rotatable bonds is 56. The smallest absolute Gasteiger partial charge is 0.268 e. The molecule has 0 saturated carbocycles. The van der Waals surface area contributed by atoms with E-state index in [9.17, 15) is 19.4 Å². The number of hydrogen-bond acceptors (Lipinski definition) is 6. The van der Waals surface area contributed by atoms with Gasteiger partial charge in [-0.15, -0.1) is 0 Å². The summed E-state index contributed by atoms with van der Waals surface area (Å²) in [5.74, 6) is -0.204. The summed E-state index contributed by atoms with van der Waals surface area (Å²) < 4.78 is 23.3. The molecule has 3 unspecified atom stereocenters. The molecule has 418 valence electrons. The average Bonchev–Trinajstić information content (AvgIpc) is 3.33. The van der Waals surface area contributed by atoms with Crippen LogP contribution in [0.25, 0.3) is 0 Å². The molecule has 9 heteroatoms. The molecule has 71 heavy (non-hydrogen) atoms. The SMILES string of the molecule is CCCCCCC/C=C\C/C=C\CCCCCCCCCCCCCCCCCCCCCCCCCC(=O)NC(COP(=O)([O-])OCC[N+](C)(C)C)C(O)/C=C/CC/C=C/CCCCCCCCCC. The zero-order valence-electron chi connectivity index (χ0n) is 47.7. The van der Waals surface area contributed by atoms with E-state index in [1.807, 2.05) is 27.2 Å². The number of amides is 1. The molecule has 0 aromatic heterocycles. The maximum atomic E-state index is 13.0. The summed E-state index contributed by atoms with van der Waals surface area (Å²) in [6.45, 7) is 4.63. The van der Waals surface area contributed by atoms with Crippen molar-refractivity contribution in [2.45, 2.75) is 302 Å². The van der Waals surface area contributed by atoms with Crippen molar-refractivity contribution in [3.05, 3.63) is 48.6 Å². The lowest BCUT2D eigenvalue weighted by atomic mass is 10.0. The van der Waals surface area contributed by atoms with Crippen LogP contribution in [0.1, 0.15) is 290 Å². The molecule has 2 N–H and O–H groups in total. The number of aliphatic hydroxyl groups is 1. The molecule has 3 atom stereocenters. The van der Waals surface area contributed by atoms with Gasteiger partial charge < -0.3 is 28.8 Å². The van der Waals surface area contributed by atoms with Gasteiger partial charge in [-0.3, -0.25) is 9.36 Å². The second-order valence-corrected chi connectivity index (χ2v) is 23.5. The lowest BCUT2D eigenvalue weighted by molar-refractivity contribution is -0.870. The van der Waals surface area contributed by atoms with Gasteiger partial charge in [0, 0.05) is 6.42 Å². The van der Waals surface area contributed by atoms with E-state index >= 15 is 0 Å². The minimum atomic E-state index is -4.60. The summed E-state index contributed by atoms with van der Waals surface area (Å²) in [5, 5.41) is 13.8. The standard InChI is InChI=1S/C62H119N2O6P/c1-6-8-10-12-14-16-18-20-22-23-24-25-26-27-28-29-30-31-32-33-34-35-36-37-38-39-40-41-42-44-46-48-50-52-54-56-62(66)63-60(59-70-71(67,68)69-58-57-64(3,4)5)61(65)55-53-51-49-47-45-43-21-19-17-15-13-11-9-7-2/h18,20,23-24,45,47,53,55,60-61,65H,6-17,19,21-22,25-44,46,48-52,54,56-59H2,1-5H3,(H-,63,66,67,68)/b20-18-,24-23-,47-45+,55-53+. The van der Waals surface area contributed by atoms with Crippen LogP contribution in [-0.4, -0.2) is 68.5 Å². The van der Waals surface area contributed by atoms with Crippen molar-refractivity contribution in [2.75, 3.05) is 40.9 Å². The fourth-order valence-electron chi connectivity index (χ4n) is 8.97. The summed E-state index contributed by atoms with van der Waals surface area (Å²) in [4.78, 5) is 25.5. The number of nitrogens with zero attached hydrogens (tertiary/aromatic N) is 1. The van der Waals surface area contributed by atoms with E-state index in [1.165, 1.54) is 225 Å². The number of carbonyl (C=O) groups excluding carboxylic acids is 1. The highest BCUT2D eigenvalue weighted by Crippen LogP contribution is 2.38. The van der Waals surface area contributed by atoms with Crippen LogP contribution in [0.4, 0.5) is 0 Å². The predicted molar refractivity (Wildman–Crippen MR) is 307 cm³/mol. The molecule has 8 nitrogen and oxygen atoms in total. The minimum Gasteiger partial charge on any atom is -0.756 e. The van der Waals surface area contributed by atoms with E-state index in [-0.39, 0.29) is 12.5 Å². The van der Waals surface area contributed by atoms with Crippen molar-refractivity contribution in [1.29, 1.82) is 0 Å². The molecule has 0 fully saturated rings. The lowest BCUT2D eigenvalue weighted by Gasteiger charge is -2.29. The first kappa shape index (κ1) is 69.5. The Balaban J connectivity index is 3.98. The van der Waals surface area contributed by atoms with Crippen molar-refractivity contribution in [3.8, 4) is 0 Å². The molecular formula is C62H119N2O6P. The molecule has 0 aliphatic rings. The Bertz CT molecular complexity index is 1290. The van der Waals surface area contributed by atoms with Crippen molar-refractivity contribution >= 4 is 13.7 Å². The maximum absolute atomic E-state index is 13.0. The first-order valence-electron chi connectivity index (χ1n) is 30.5. The van der Waals surface area contributed by atoms with Crippen LogP contribution in [-0.2, 0) is 18.4 Å². The Morgan fingerprint density at radius 3 is 1.23 bits per heavy atom. The van der Waals surface area contributed by atoms with Crippen molar-refractivity contribution in [1.82, 2.24) is 5.32 Å². The summed E-state index contributed by atoms with van der Waals surface area (Å²) in [5.41, 5.74) is 0. The van der Waals surface area contributed by atoms with Gasteiger partial charge in [0.1, 0.15) is 13.2 Å². The number of allylic oxidation sites excluding steroid dienone is 7. The Labute approximate surface area is 441 Å². The molecule has 0 aliphatic carbocycles. The predicted octanol–water partition coefficient (Wildman–Crippen LogP) is 18.1. The normalized spacial score (nSPS) is 14.2. The van der Waals surface area contributed by atoms with E-state index in [0.717, 1.165) is 44.9 Å². The van der Waals surface area contributed by atoms with Gasteiger partial charge in [0.05, 0.1) is 39.9 Å². The number of hydrogen-bond donors (Lipinski definition) is 2. The highest BCUT2D eigenvalue weighted by atomic mass is 31.2. The summed E-state index contributed by atoms with van der Waals surface area (Å²) in [7, 11) is 1.25. The number of aliphatic hydroxyl groups excluding tert-OH is 1. The van der Waals surface area contributed by atoms with Crippen molar-refractivity contribution < 1.29 is 32.9 Å². The summed E-state index contributed by atoms with van der Waals surface area (Å²) >= 11 is 0. The number of nitrogens with one attached hydrogen (secondary N) is 1. The van der Waals surface area contributed by atoms with Gasteiger partial charge in [0.2, 0.25) is 5.91 Å². The molecule has 0 bridgehead atoms. The molecule has 0 saturated heterocycles. The number of carbonyl (C=O) groups is 1. The Morgan fingerprint density at radius 1 is 0.493 bits per heavy atom. The quantitative estimate of drug-likeness (QED) is 0.0272. The fourth-order valence-corrected chi connectivity index (χ4v) is 9.69. The van der Waals surface area contributed by atoms with Crippen molar-refractivity contribution in [3.63, 3.8) is 0 Å². The van der Waals surface area contributed by atoms with E-state index in [2.05, 4.69) is 55.6 Å². The molecule has 0 aliphatic heterocycles. The van der Waals surface area contributed by atoms with E-state index in [0.29, 0.717) is 17.4 Å². The van der Waals surface area contributed by atoms with Gasteiger partial charge in [-0.05, 0) is 64.2 Å². The van der Waals surface area contributed by atoms with E-state index < -0.39 is 26.6 Å². The third kappa shape index (κ3) is 56.0. The number of likely N-dealkylation sites (N-methyl/N-ethyl adjacent to an activating group) is 1. The highest BCUT2D eigenvalue weighted by Gasteiger charge is 2.23. The number of quaternary nitrogens is 1. The second kappa shape index (κ2) is 53.3. The monoisotopic (exact) mass is 1020 g/mol. The Hall–Kier alpha value is -1.54. The van der Waals surface area contributed by atoms with Gasteiger partial charge in [0.15, 0.2) is 0 Å². The van der Waals surface area contributed by atoms with Gasteiger partial charge in [0.25, 0.3) is 7.82 Å². The first-order chi connectivity index (χ1) is 34.5. The molecule has 0 heterocycles. The van der Waals surface area contributed by atoms with Gasteiger partial charge in [-0.2, -0.15) is 0 Å². The van der Waals surface area contributed by atoms with E-state index in [4.69, 9.17) is 9.05 Å². The molecular weight excluding hydrogens is 900 g/mol.